The predicted molar refractivity (Wildman–Crippen MR) is 226 cm³/mol. The fourth-order valence-corrected chi connectivity index (χ4v) is 10.2. The van der Waals surface area contributed by atoms with Crippen molar-refractivity contribution in [3.8, 4) is 27.9 Å². The van der Waals surface area contributed by atoms with E-state index in [0.717, 1.165) is 17.3 Å². The van der Waals surface area contributed by atoms with Gasteiger partial charge in [0.25, 0.3) is 0 Å². The molecule has 0 saturated heterocycles. The highest BCUT2D eigenvalue weighted by atomic mass is 79.9. The van der Waals surface area contributed by atoms with Crippen LogP contribution in [0.5, 0.6) is 0 Å². The summed E-state index contributed by atoms with van der Waals surface area (Å²) in [5.74, 6) is 0. The molecule has 0 bridgehead atoms. The van der Waals surface area contributed by atoms with Crippen LogP contribution in [0.1, 0.15) is 22.3 Å². The summed E-state index contributed by atoms with van der Waals surface area (Å²) in [4.78, 5) is 0. The normalized spacial score (nSPS) is 12.8. The summed E-state index contributed by atoms with van der Waals surface area (Å²) in [5.41, 5.74) is 19.1. The van der Waals surface area contributed by atoms with Gasteiger partial charge < -0.3 is 8.97 Å². The van der Waals surface area contributed by atoms with Crippen LogP contribution in [0.25, 0.3) is 87.8 Å². The molecule has 13 rings (SSSR count). The molecule has 0 N–H and O–H groups in total. The smallest absolute Gasteiger partial charge is 0.0683 e. The Labute approximate surface area is 314 Å². The first-order valence-corrected chi connectivity index (χ1v) is 19.2. The number of hydrogen-bond donors (Lipinski definition) is 0. The van der Waals surface area contributed by atoms with E-state index in [-0.39, 0.29) is 0 Å². The van der Waals surface area contributed by atoms with Gasteiger partial charge in [-0.05, 0) is 86.4 Å². The molecule has 0 unspecified atom stereocenters. The largest absolute Gasteiger partial charge is 0.307 e. The molecule has 0 aliphatic heterocycles. The van der Waals surface area contributed by atoms with Crippen LogP contribution in [-0.2, 0) is 12.8 Å². The van der Waals surface area contributed by atoms with Crippen LogP contribution in [0.15, 0.2) is 168 Å². The molecule has 3 aromatic heterocycles. The zero-order valence-corrected chi connectivity index (χ0v) is 30.4. The summed E-state index contributed by atoms with van der Waals surface area (Å²) in [5, 5.41) is 8.03. The van der Waals surface area contributed by atoms with E-state index >= 15 is 0 Å². The molecule has 53 heavy (non-hydrogen) atoms. The second-order valence-corrected chi connectivity index (χ2v) is 15.4. The Morgan fingerprint density at radius 3 is 1.58 bits per heavy atom. The van der Waals surface area contributed by atoms with Gasteiger partial charge in [-0.2, -0.15) is 0 Å². The van der Waals surface area contributed by atoms with Crippen molar-refractivity contribution in [1.29, 1.82) is 0 Å². The minimum absolute atomic E-state index is 1.01. The molecule has 0 amide bonds. The molecule has 2 aliphatic carbocycles. The number of benzene rings is 8. The zero-order chi connectivity index (χ0) is 34.8. The van der Waals surface area contributed by atoms with Crippen molar-refractivity contribution in [2.75, 3.05) is 0 Å². The van der Waals surface area contributed by atoms with Crippen LogP contribution < -0.4 is 0 Å². The molecule has 3 heteroatoms. The Morgan fingerprint density at radius 2 is 0.868 bits per heavy atom. The third kappa shape index (κ3) is 3.98. The molecule has 0 spiro atoms. The number of rotatable bonds is 1. The first kappa shape index (κ1) is 29.4. The molecular weight excluding hydrogens is 708 g/mol. The summed E-state index contributed by atoms with van der Waals surface area (Å²) in [7, 11) is 0. The van der Waals surface area contributed by atoms with Gasteiger partial charge in [0, 0.05) is 53.6 Å². The first-order chi connectivity index (χ1) is 26.2. The molecule has 8 aromatic carbocycles. The molecular formula is C50H31BrN2. The number of aromatic nitrogens is 2. The Kier molecular flexibility index (Phi) is 6.07. The van der Waals surface area contributed by atoms with Gasteiger partial charge in [0.05, 0.1) is 27.6 Å². The van der Waals surface area contributed by atoms with Crippen LogP contribution in [0.3, 0.4) is 0 Å². The van der Waals surface area contributed by atoms with E-state index < -0.39 is 0 Å². The number of para-hydroxylation sites is 4. The molecule has 2 aliphatic rings. The number of hydrogen-bond acceptors (Lipinski definition) is 0. The van der Waals surface area contributed by atoms with Gasteiger partial charge in [0.2, 0.25) is 0 Å². The van der Waals surface area contributed by atoms with Crippen LogP contribution >= 0.6 is 15.9 Å². The lowest BCUT2D eigenvalue weighted by Crippen LogP contribution is -1.96. The highest BCUT2D eigenvalue weighted by Gasteiger charge is 2.27. The maximum atomic E-state index is 3.81. The molecule has 11 aromatic rings. The summed E-state index contributed by atoms with van der Waals surface area (Å²) in [6, 6.07) is 59.7. The van der Waals surface area contributed by atoms with Gasteiger partial charge in [-0.15, -0.1) is 0 Å². The molecule has 0 fully saturated rings. The van der Waals surface area contributed by atoms with E-state index in [1.165, 1.54) is 110 Å². The van der Waals surface area contributed by atoms with Crippen molar-refractivity contribution in [2.45, 2.75) is 12.8 Å². The van der Waals surface area contributed by atoms with Crippen molar-refractivity contribution >= 4 is 75.8 Å². The second kappa shape index (κ2) is 10.9. The maximum Gasteiger partial charge on any atom is 0.0683 e. The highest BCUT2D eigenvalue weighted by molar-refractivity contribution is 9.10. The Hall–Kier alpha value is -6.16. The van der Waals surface area contributed by atoms with Crippen molar-refractivity contribution in [2.24, 2.45) is 0 Å². The monoisotopic (exact) mass is 738 g/mol. The van der Waals surface area contributed by atoms with E-state index in [9.17, 15) is 0 Å². The summed E-state index contributed by atoms with van der Waals surface area (Å²) < 4.78 is 6.06. The molecule has 248 valence electrons. The first-order valence-electron chi connectivity index (χ1n) is 18.4. The van der Waals surface area contributed by atoms with E-state index in [4.69, 9.17) is 0 Å². The highest BCUT2D eigenvalue weighted by Crippen LogP contribution is 2.48. The SMILES string of the molecule is Brc1cccc2c3ccc4c(c3n(-c3ccccc3)c12)-c1ccccc1C4.c1ccc2c(c1)Cc1ccc3c4cccc5c6ccccc6n(c3c1-2)c54. The van der Waals surface area contributed by atoms with E-state index in [1.807, 2.05) is 0 Å². The molecule has 0 radical (unpaired) electrons. The van der Waals surface area contributed by atoms with Crippen molar-refractivity contribution < 1.29 is 0 Å². The van der Waals surface area contributed by atoms with Crippen LogP contribution in [0.2, 0.25) is 0 Å². The average Bonchev–Trinajstić information content (AvgIpc) is 4.01. The van der Waals surface area contributed by atoms with Crippen molar-refractivity contribution in [3.05, 3.63) is 191 Å². The minimum atomic E-state index is 1.01. The Balaban J connectivity index is 0.000000119. The lowest BCUT2D eigenvalue weighted by atomic mass is 10.0. The van der Waals surface area contributed by atoms with Gasteiger partial charge in [0.1, 0.15) is 0 Å². The fraction of sp³-hybridized carbons (Fsp3) is 0.0400. The van der Waals surface area contributed by atoms with Crippen LogP contribution in [0, 0.1) is 0 Å². The third-order valence-corrected chi connectivity index (χ3v) is 12.5. The van der Waals surface area contributed by atoms with Crippen LogP contribution in [-0.4, -0.2) is 8.97 Å². The standard InChI is InChI=1S/C25H16BrN.C25H15N/c26-22-12-6-11-20-21-14-13-17-15-16-7-4-5-10-19(16)23(17)25(21)27(24(20)22)18-8-2-1-3-9-18;1-2-7-17-15(6-1)14-16-12-13-21-20-10-5-9-19-18-8-3-4-11-22(18)26(24(19)20)25(21)23(16)17/h1-14H,15H2;1-13H,14H2. The molecule has 3 heterocycles. The molecule has 0 atom stereocenters. The van der Waals surface area contributed by atoms with Gasteiger partial charge in [-0.1, -0.05) is 140 Å². The average molecular weight is 740 g/mol. The van der Waals surface area contributed by atoms with Gasteiger partial charge in [0.15, 0.2) is 0 Å². The Bertz CT molecular complexity index is 3290. The minimum Gasteiger partial charge on any atom is -0.307 e. The number of fused-ring (bicyclic) bond motifs is 17. The van der Waals surface area contributed by atoms with E-state index in [1.54, 1.807) is 0 Å². The molecule has 2 nitrogen and oxygen atoms in total. The van der Waals surface area contributed by atoms with Crippen molar-refractivity contribution in [1.82, 2.24) is 8.97 Å². The quantitative estimate of drug-likeness (QED) is 0.159. The summed E-state index contributed by atoms with van der Waals surface area (Å²) in [6.07, 6.45) is 2.05. The van der Waals surface area contributed by atoms with Crippen molar-refractivity contribution in [3.63, 3.8) is 0 Å². The topological polar surface area (TPSA) is 9.34 Å². The van der Waals surface area contributed by atoms with Gasteiger partial charge in [-0.25, -0.2) is 0 Å². The summed E-state index contributed by atoms with van der Waals surface area (Å²) in [6.45, 7) is 0. The number of halogens is 1. The van der Waals surface area contributed by atoms with Gasteiger partial charge in [-0.3, -0.25) is 0 Å². The zero-order valence-electron chi connectivity index (χ0n) is 28.8. The second-order valence-electron chi connectivity index (χ2n) is 14.5. The van der Waals surface area contributed by atoms with Gasteiger partial charge >= 0.3 is 0 Å². The summed E-state index contributed by atoms with van der Waals surface area (Å²) >= 11 is 3.81. The lowest BCUT2D eigenvalue weighted by Gasteiger charge is -2.12. The third-order valence-electron chi connectivity index (χ3n) is 11.8. The molecule has 0 saturated carbocycles. The van der Waals surface area contributed by atoms with E-state index in [2.05, 4.69) is 189 Å². The van der Waals surface area contributed by atoms with Crippen LogP contribution in [0.4, 0.5) is 0 Å². The van der Waals surface area contributed by atoms with E-state index in [0.29, 0.717) is 0 Å². The Morgan fingerprint density at radius 1 is 0.358 bits per heavy atom. The maximum absolute atomic E-state index is 3.81. The lowest BCUT2D eigenvalue weighted by molar-refractivity contribution is 1.17. The number of nitrogens with zero attached hydrogens (tertiary/aromatic N) is 2. The fourth-order valence-electron chi connectivity index (χ4n) is 9.68. The predicted octanol–water partition coefficient (Wildman–Crippen LogP) is 13.5.